The zero-order chi connectivity index (χ0) is 12.9. The summed E-state index contributed by atoms with van der Waals surface area (Å²) < 4.78 is 23.2. The van der Waals surface area contributed by atoms with E-state index in [2.05, 4.69) is 0 Å². The van der Waals surface area contributed by atoms with E-state index in [4.69, 9.17) is 17.3 Å². The average Bonchev–Trinajstić information content (AvgIpc) is 2.28. The van der Waals surface area contributed by atoms with Crippen LogP contribution < -0.4 is 0 Å². The van der Waals surface area contributed by atoms with Crippen molar-refractivity contribution in [3.8, 4) is 0 Å². The lowest BCUT2D eigenvalue weighted by Crippen LogP contribution is -2.20. The Morgan fingerprint density at radius 3 is 2.35 bits per heavy atom. The number of thiocarbonyl (C=S) groups is 1. The third-order valence-electron chi connectivity index (χ3n) is 2.12. The van der Waals surface area contributed by atoms with E-state index in [1.165, 1.54) is 0 Å². The maximum Gasteiger partial charge on any atom is 0.304 e. The second-order valence-electron chi connectivity index (χ2n) is 3.50. The van der Waals surface area contributed by atoms with E-state index in [0.717, 1.165) is 5.56 Å². The minimum Gasteiger partial charge on any atom is -0.481 e. The highest BCUT2D eigenvalue weighted by Gasteiger charge is 2.19. The maximum atomic E-state index is 11.6. The van der Waals surface area contributed by atoms with Crippen LogP contribution >= 0.6 is 12.2 Å². The zero-order valence-electron chi connectivity index (χ0n) is 9.00. The molecule has 4 nitrogen and oxygen atoms in total. The van der Waals surface area contributed by atoms with E-state index in [0.29, 0.717) is 0 Å². The molecule has 0 aliphatic carbocycles. The molecule has 17 heavy (non-hydrogen) atoms. The Bertz CT molecular complexity index is 506. The molecule has 1 rings (SSSR count). The van der Waals surface area contributed by atoms with Crippen LogP contribution in [-0.2, 0) is 21.1 Å². The molecule has 0 saturated heterocycles. The van der Waals surface area contributed by atoms with Crippen LogP contribution in [0, 0.1) is 0 Å². The van der Waals surface area contributed by atoms with Crippen molar-refractivity contribution in [1.82, 2.24) is 0 Å². The Morgan fingerprint density at radius 1 is 1.24 bits per heavy atom. The van der Waals surface area contributed by atoms with Gasteiger partial charge in [-0.25, -0.2) is 8.42 Å². The summed E-state index contributed by atoms with van der Waals surface area (Å²) in [4.78, 5) is 10.3. The highest BCUT2D eigenvalue weighted by atomic mass is 32.2. The Morgan fingerprint density at radius 2 is 1.82 bits per heavy atom. The van der Waals surface area contributed by atoms with Gasteiger partial charge in [0.1, 0.15) is 4.20 Å². The molecule has 0 amide bonds. The lowest BCUT2D eigenvalue weighted by molar-refractivity contribution is -0.136. The van der Waals surface area contributed by atoms with E-state index in [-0.39, 0.29) is 10.6 Å². The molecular formula is C11H12O4S2. The summed E-state index contributed by atoms with van der Waals surface area (Å²) in [6.45, 7) is 0. The third kappa shape index (κ3) is 4.62. The standard InChI is InChI=1S/C11H12O4S2/c12-10(13)6-7-17(14,15)11(16)8-9-4-2-1-3-5-9/h1-5H,6-8H2,(H,12,13). The largest absolute Gasteiger partial charge is 0.481 e. The van der Waals surface area contributed by atoms with Gasteiger partial charge in [0, 0.05) is 6.42 Å². The van der Waals surface area contributed by atoms with Gasteiger partial charge in [-0.15, -0.1) is 0 Å². The number of carboxylic acids is 1. The first-order valence-electron chi connectivity index (χ1n) is 4.93. The molecule has 1 aromatic rings. The number of hydrogen-bond donors (Lipinski definition) is 1. The molecule has 92 valence electrons. The molecule has 0 aliphatic heterocycles. The van der Waals surface area contributed by atoms with Crippen molar-refractivity contribution in [2.75, 3.05) is 5.75 Å². The molecule has 1 aromatic carbocycles. The van der Waals surface area contributed by atoms with Crippen molar-refractivity contribution in [2.24, 2.45) is 0 Å². The summed E-state index contributed by atoms with van der Waals surface area (Å²) >= 11 is 4.84. The molecule has 0 aliphatic rings. The number of rotatable bonds is 5. The van der Waals surface area contributed by atoms with Gasteiger partial charge in [0.15, 0.2) is 9.84 Å². The van der Waals surface area contributed by atoms with Gasteiger partial charge in [0.05, 0.1) is 12.2 Å². The third-order valence-corrected chi connectivity index (χ3v) is 4.61. The predicted octanol–water partition coefficient (Wildman–Crippen LogP) is 1.45. The highest BCUT2D eigenvalue weighted by Crippen LogP contribution is 2.07. The summed E-state index contributed by atoms with van der Waals surface area (Å²) in [5.41, 5.74) is 0.802. The second kappa shape index (κ2) is 5.88. The summed E-state index contributed by atoms with van der Waals surface area (Å²) in [5.74, 6) is -1.58. The van der Waals surface area contributed by atoms with Crippen LogP contribution in [0.1, 0.15) is 12.0 Å². The predicted molar refractivity (Wildman–Crippen MR) is 68.8 cm³/mol. The fourth-order valence-corrected chi connectivity index (χ4v) is 2.68. The SMILES string of the molecule is O=C(O)CCS(=O)(=O)C(=S)Cc1ccccc1. The molecule has 0 spiro atoms. The van der Waals surface area contributed by atoms with Crippen molar-refractivity contribution >= 4 is 32.2 Å². The normalized spacial score (nSPS) is 11.1. The van der Waals surface area contributed by atoms with Gasteiger partial charge in [0.2, 0.25) is 0 Å². The van der Waals surface area contributed by atoms with Crippen LogP contribution in [0.5, 0.6) is 0 Å². The minimum absolute atomic E-state index is 0.107. The van der Waals surface area contributed by atoms with Gasteiger partial charge in [-0.1, -0.05) is 42.5 Å². The van der Waals surface area contributed by atoms with Crippen molar-refractivity contribution < 1.29 is 18.3 Å². The van der Waals surface area contributed by atoms with E-state index >= 15 is 0 Å². The molecule has 0 bridgehead atoms. The molecule has 1 N–H and O–H groups in total. The zero-order valence-corrected chi connectivity index (χ0v) is 10.6. The number of carbonyl (C=O) groups is 1. The van der Waals surface area contributed by atoms with Crippen LogP contribution in [0.25, 0.3) is 0 Å². The van der Waals surface area contributed by atoms with Crippen LogP contribution in [0.4, 0.5) is 0 Å². The monoisotopic (exact) mass is 272 g/mol. The number of sulfone groups is 1. The van der Waals surface area contributed by atoms with Crippen molar-refractivity contribution in [1.29, 1.82) is 0 Å². The van der Waals surface area contributed by atoms with Crippen molar-refractivity contribution in [2.45, 2.75) is 12.8 Å². The average molecular weight is 272 g/mol. The van der Waals surface area contributed by atoms with E-state index in [9.17, 15) is 13.2 Å². The van der Waals surface area contributed by atoms with Gasteiger partial charge in [-0.05, 0) is 5.56 Å². The van der Waals surface area contributed by atoms with E-state index in [1.807, 2.05) is 6.07 Å². The highest BCUT2D eigenvalue weighted by molar-refractivity contribution is 8.17. The van der Waals surface area contributed by atoms with E-state index < -0.39 is 28.0 Å². The molecule has 0 aromatic heterocycles. The van der Waals surface area contributed by atoms with Crippen LogP contribution in [0.15, 0.2) is 30.3 Å². The first kappa shape index (κ1) is 13.8. The number of benzene rings is 1. The summed E-state index contributed by atoms with van der Waals surface area (Å²) in [5, 5.41) is 8.44. The molecule has 0 unspecified atom stereocenters. The fourth-order valence-electron chi connectivity index (χ4n) is 1.21. The maximum absolute atomic E-state index is 11.6. The van der Waals surface area contributed by atoms with E-state index in [1.54, 1.807) is 24.3 Å². The molecular weight excluding hydrogens is 260 g/mol. The lowest BCUT2D eigenvalue weighted by atomic mass is 10.2. The topological polar surface area (TPSA) is 71.4 Å². The molecule has 0 atom stereocenters. The fraction of sp³-hybridized carbons (Fsp3) is 0.273. The van der Waals surface area contributed by atoms with Gasteiger partial charge in [-0.2, -0.15) is 0 Å². The minimum atomic E-state index is -3.60. The smallest absolute Gasteiger partial charge is 0.304 e. The second-order valence-corrected chi connectivity index (χ2v) is 6.38. The first-order chi connectivity index (χ1) is 7.92. The number of aliphatic carboxylic acids is 1. The Hall–Kier alpha value is -1.27. The van der Waals surface area contributed by atoms with Gasteiger partial charge in [-0.3, -0.25) is 4.79 Å². The number of carboxylic acid groups (broad SMARTS) is 1. The molecule has 0 saturated carbocycles. The van der Waals surface area contributed by atoms with Gasteiger partial charge in [0.25, 0.3) is 0 Å². The van der Waals surface area contributed by atoms with Crippen LogP contribution in [0.3, 0.4) is 0 Å². The lowest BCUT2D eigenvalue weighted by Gasteiger charge is -2.04. The van der Waals surface area contributed by atoms with Gasteiger partial charge >= 0.3 is 5.97 Å². The van der Waals surface area contributed by atoms with Crippen LogP contribution in [0.2, 0.25) is 0 Å². The molecule has 0 fully saturated rings. The van der Waals surface area contributed by atoms with Crippen molar-refractivity contribution in [3.63, 3.8) is 0 Å². The van der Waals surface area contributed by atoms with Gasteiger partial charge < -0.3 is 5.11 Å². The molecule has 0 heterocycles. The Balaban J connectivity index is 2.67. The molecule has 6 heteroatoms. The first-order valence-corrected chi connectivity index (χ1v) is 6.99. The summed E-state index contributed by atoms with van der Waals surface area (Å²) in [7, 11) is -3.60. The van der Waals surface area contributed by atoms with Crippen LogP contribution in [-0.4, -0.2) is 29.4 Å². The Kier molecular flexibility index (Phi) is 4.77. The summed E-state index contributed by atoms with van der Waals surface area (Å²) in [6.07, 6.45) is -0.268. The summed E-state index contributed by atoms with van der Waals surface area (Å²) in [6, 6.07) is 8.97. The quantitative estimate of drug-likeness (QED) is 0.821. The molecule has 0 radical (unpaired) electrons. The van der Waals surface area contributed by atoms with Crippen molar-refractivity contribution in [3.05, 3.63) is 35.9 Å². The number of hydrogen-bond acceptors (Lipinski definition) is 4. The Labute approximate surface area is 105 Å².